The van der Waals surface area contributed by atoms with Gasteiger partial charge in [0.2, 0.25) is 0 Å². The van der Waals surface area contributed by atoms with Crippen LogP contribution in [0.25, 0.3) is 0 Å². The first-order valence-electron chi connectivity index (χ1n) is 8.67. The summed E-state index contributed by atoms with van der Waals surface area (Å²) >= 11 is 0. The molecule has 3 rings (SSSR count). The lowest BCUT2D eigenvalue weighted by Crippen LogP contribution is -2.33. The Morgan fingerprint density at radius 3 is 2.58 bits per heavy atom. The largest absolute Gasteiger partial charge is 0.478 e. The molecule has 2 aromatic rings. The Balaban J connectivity index is 1.69. The average molecular weight is 373 g/mol. The lowest BCUT2D eigenvalue weighted by atomic mass is 9.89. The predicted molar refractivity (Wildman–Crippen MR) is 100 cm³/mol. The van der Waals surface area contributed by atoms with Crippen LogP contribution in [0.3, 0.4) is 0 Å². The number of carboxylic acid groups (broad SMARTS) is 1. The number of aromatic carboxylic acids is 1. The molecule has 1 aliphatic heterocycles. The maximum Gasteiger partial charge on any atom is 0.335 e. The van der Waals surface area contributed by atoms with Crippen molar-refractivity contribution in [3.63, 3.8) is 0 Å². The molecule has 0 amide bonds. The van der Waals surface area contributed by atoms with Gasteiger partial charge in [-0.1, -0.05) is 24.3 Å². The zero-order valence-electron chi connectivity index (χ0n) is 14.8. The Morgan fingerprint density at radius 1 is 1.19 bits per heavy atom. The van der Waals surface area contributed by atoms with Crippen molar-refractivity contribution < 1.29 is 18.3 Å². The standard InChI is InChI=1S/C20H23NO4S/c1-26(24,25)19-9-7-15(8-10-19)13-21-11-3-6-18(14-21)16-4-2-5-17(12-16)20(22)23/h2,4-5,7-10,12,18H,3,6,11,13-14H2,1H3,(H,22,23). The number of likely N-dealkylation sites (tertiary alicyclic amines) is 1. The molecule has 0 bridgehead atoms. The molecule has 0 saturated carbocycles. The average Bonchev–Trinajstić information content (AvgIpc) is 2.62. The van der Waals surface area contributed by atoms with E-state index in [4.69, 9.17) is 0 Å². The zero-order chi connectivity index (χ0) is 18.7. The Kier molecular flexibility index (Phi) is 5.44. The number of hydrogen-bond donors (Lipinski definition) is 1. The first kappa shape index (κ1) is 18.6. The molecule has 1 unspecified atom stereocenters. The van der Waals surface area contributed by atoms with Crippen molar-refractivity contribution in [1.82, 2.24) is 4.90 Å². The van der Waals surface area contributed by atoms with Gasteiger partial charge in [-0.05, 0) is 60.7 Å². The molecule has 6 heteroatoms. The van der Waals surface area contributed by atoms with E-state index >= 15 is 0 Å². The number of carboxylic acids is 1. The van der Waals surface area contributed by atoms with E-state index in [-0.39, 0.29) is 0 Å². The Bertz CT molecular complexity index is 890. The molecule has 1 aliphatic rings. The predicted octanol–water partition coefficient (Wildman–Crippen LogP) is 3.17. The number of sulfone groups is 1. The van der Waals surface area contributed by atoms with Crippen LogP contribution in [-0.4, -0.2) is 43.7 Å². The summed E-state index contributed by atoms with van der Waals surface area (Å²) in [5.74, 6) is -0.580. The van der Waals surface area contributed by atoms with Crippen molar-refractivity contribution in [2.45, 2.75) is 30.2 Å². The van der Waals surface area contributed by atoms with Crippen LogP contribution in [0.2, 0.25) is 0 Å². The minimum Gasteiger partial charge on any atom is -0.478 e. The highest BCUT2D eigenvalue weighted by atomic mass is 32.2. The molecule has 0 aromatic heterocycles. The summed E-state index contributed by atoms with van der Waals surface area (Å²) in [4.78, 5) is 13.9. The van der Waals surface area contributed by atoms with Crippen molar-refractivity contribution >= 4 is 15.8 Å². The summed E-state index contributed by atoms with van der Waals surface area (Å²) in [7, 11) is -3.17. The molecule has 0 spiro atoms. The van der Waals surface area contributed by atoms with Crippen molar-refractivity contribution in [2.75, 3.05) is 19.3 Å². The fraction of sp³-hybridized carbons (Fsp3) is 0.350. The molecule has 1 atom stereocenters. The second-order valence-corrected chi connectivity index (χ2v) is 8.94. The van der Waals surface area contributed by atoms with Crippen LogP contribution in [0.15, 0.2) is 53.4 Å². The van der Waals surface area contributed by atoms with Crippen LogP contribution in [0.4, 0.5) is 0 Å². The highest BCUT2D eigenvalue weighted by molar-refractivity contribution is 7.90. The van der Waals surface area contributed by atoms with Crippen LogP contribution < -0.4 is 0 Å². The Labute approximate surface area is 154 Å². The van der Waals surface area contributed by atoms with E-state index in [1.165, 1.54) is 6.26 Å². The molecule has 1 N–H and O–H groups in total. The van der Waals surface area contributed by atoms with Crippen molar-refractivity contribution in [2.24, 2.45) is 0 Å². The number of piperidine rings is 1. The second kappa shape index (κ2) is 7.60. The summed E-state index contributed by atoms with van der Waals surface area (Å²) in [5.41, 5.74) is 2.48. The highest BCUT2D eigenvalue weighted by Gasteiger charge is 2.22. The second-order valence-electron chi connectivity index (χ2n) is 6.92. The third-order valence-electron chi connectivity index (χ3n) is 4.87. The van der Waals surface area contributed by atoms with Gasteiger partial charge < -0.3 is 5.11 Å². The van der Waals surface area contributed by atoms with Crippen LogP contribution in [-0.2, 0) is 16.4 Å². The van der Waals surface area contributed by atoms with Gasteiger partial charge in [-0.15, -0.1) is 0 Å². The van der Waals surface area contributed by atoms with E-state index < -0.39 is 15.8 Å². The molecule has 0 radical (unpaired) electrons. The summed E-state index contributed by atoms with van der Waals surface area (Å²) in [5, 5.41) is 9.18. The first-order valence-corrected chi connectivity index (χ1v) is 10.6. The third kappa shape index (κ3) is 4.51. The maximum atomic E-state index is 11.6. The molecule has 138 valence electrons. The third-order valence-corrected chi connectivity index (χ3v) is 6.00. The first-order chi connectivity index (χ1) is 12.3. The fourth-order valence-electron chi connectivity index (χ4n) is 3.50. The monoisotopic (exact) mass is 373 g/mol. The van der Waals surface area contributed by atoms with Crippen LogP contribution >= 0.6 is 0 Å². The molecule has 0 aliphatic carbocycles. The van der Waals surface area contributed by atoms with Gasteiger partial charge in [0.15, 0.2) is 9.84 Å². The Morgan fingerprint density at radius 2 is 1.92 bits per heavy atom. The minimum absolute atomic E-state index is 0.318. The molecule has 1 fully saturated rings. The maximum absolute atomic E-state index is 11.6. The van der Waals surface area contributed by atoms with E-state index in [2.05, 4.69) is 4.90 Å². The van der Waals surface area contributed by atoms with Gasteiger partial charge in [-0.2, -0.15) is 0 Å². The summed E-state index contributed by atoms with van der Waals surface area (Å²) in [6.45, 7) is 2.62. The van der Waals surface area contributed by atoms with E-state index in [9.17, 15) is 18.3 Å². The van der Waals surface area contributed by atoms with Gasteiger partial charge in [-0.25, -0.2) is 13.2 Å². The lowest BCUT2D eigenvalue weighted by molar-refractivity contribution is 0.0696. The molecule has 1 heterocycles. The van der Waals surface area contributed by atoms with Gasteiger partial charge >= 0.3 is 5.97 Å². The van der Waals surface area contributed by atoms with E-state index in [1.54, 1.807) is 24.3 Å². The van der Waals surface area contributed by atoms with Crippen LogP contribution in [0.1, 0.15) is 40.2 Å². The van der Waals surface area contributed by atoms with Crippen LogP contribution in [0, 0.1) is 0 Å². The quantitative estimate of drug-likeness (QED) is 0.871. The van der Waals surface area contributed by atoms with E-state index in [1.807, 2.05) is 24.3 Å². The van der Waals surface area contributed by atoms with Crippen molar-refractivity contribution in [3.8, 4) is 0 Å². The molecule has 1 saturated heterocycles. The van der Waals surface area contributed by atoms with E-state index in [0.29, 0.717) is 16.4 Å². The number of rotatable bonds is 5. The fourth-order valence-corrected chi connectivity index (χ4v) is 4.13. The van der Waals surface area contributed by atoms with Crippen LogP contribution in [0.5, 0.6) is 0 Å². The van der Waals surface area contributed by atoms with Crippen molar-refractivity contribution in [1.29, 1.82) is 0 Å². The smallest absolute Gasteiger partial charge is 0.335 e. The number of carbonyl (C=O) groups is 1. The van der Waals surface area contributed by atoms with E-state index in [0.717, 1.165) is 43.6 Å². The highest BCUT2D eigenvalue weighted by Crippen LogP contribution is 2.28. The van der Waals surface area contributed by atoms with Gasteiger partial charge in [0, 0.05) is 19.3 Å². The SMILES string of the molecule is CS(=O)(=O)c1ccc(CN2CCCC(c3cccc(C(=O)O)c3)C2)cc1. The molecule has 26 heavy (non-hydrogen) atoms. The summed E-state index contributed by atoms with van der Waals surface area (Å²) < 4.78 is 23.1. The minimum atomic E-state index is -3.17. The molecule has 5 nitrogen and oxygen atoms in total. The topological polar surface area (TPSA) is 74.7 Å². The van der Waals surface area contributed by atoms with Gasteiger partial charge in [0.05, 0.1) is 10.5 Å². The molecule has 2 aromatic carbocycles. The Hall–Kier alpha value is -2.18. The lowest BCUT2D eigenvalue weighted by Gasteiger charge is -2.33. The summed E-state index contributed by atoms with van der Waals surface area (Å²) in [6, 6.07) is 14.2. The van der Waals surface area contributed by atoms with Gasteiger partial charge in [0.25, 0.3) is 0 Å². The molecular formula is C20H23NO4S. The zero-order valence-corrected chi connectivity index (χ0v) is 15.6. The van der Waals surface area contributed by atoms with Gasteiger partial charge in [0.1, 0.15) is 0 Å². The number of hydrogen-bond acceptors (Lipinski definition) is 4. The summed E-state index contributed by atoms with van der Waals surface area (Å²) in [6.07, 6.45) is 3.32. The van der Waals surface area contributed by atoms with Crippen molar-refractivity contribution in [3.05, 3.63) is 65.2 Å². The number of benzene rings is 2. The molecular weight excluding hydrogens is 350 g/mol. The number of nitrogens with zero attached hydrogens (tertiary/aromatic N) is 1. The van der Waals surface area contributed by atoms with Gasteiger partial charge in [-0.3, -0.25) is 4.90 Å². The normalized spacial score (nSPS) is 18.6.